The minimum absolute atomic E-state index is 0.129. The fraction of sp³-hybridized carbons (Fsp3) is 0.192. The lowest BCUT2D eigenvalue weighted by Gasteiger charge is -2.33. The van der Waals surface area contributed by atoms with Gasteiger partial charge < -0.3 is 5.32 Å². The molecule has 1 spiro atoms. The van der Waals surface area contributed by atoms with Crippen LogP contribution < -0.4 is 15.1 Å². The number of nitrogens with one attached hydrogen (secondary N) is 1. The molecule has 7 heteroatoms. The number of fused-ring (bicyclic) bond motifs is 2. The first-order valence-electron chi connectivity index (χ1n) is 10.7. The highest BCUT2D eigenvalue weighted by Crippen LogP contribution is 2.55. The van der Waals surface area contributed by atoms with Crippen LogP contribution in [0.3, 0.4) is 0 Å². The number of benzene rings is 3. The summed E-state index contributed by atoms with van der Waals surface area (Å²) < 4.78 is 0. The highest BCUT2D eigenvalue weighted by Gasteiger charge is 2.61. The summed E-state index contributed by atoms with van der Waals surface area (Å²) in [5, 5.41) is 2.90. The molecule has 2 aliphatic rings. The van der Waals surface area contributed by atoms with Crippen molar-refractivity contribution in [2.45, 2.75) is 18.7 Å². The van der Waals surface area contributed by atoms with Crippen LogP contribution in [0.4, 0.5) is 17.1 Å². The maximum atomic E-state index is 13.9. The molecule has 3 aromatic carbocycles. The van der Waals surface area contributed by atoms with E-state index in [1.165, 1.54) is 16.7 Å². The lowest BCUT2D eigenvalue weighted by molar-refractivity contribution is -0.124. The quantitative estimate of drug-likeness (QED) is 0.637. The van der Waals surface area contributed by atoms with E-state index in [-0.39, 0.29) is 30.0 Å². The minimum Gasteiger partial charge on any atom is -0.325 e. The van der Waals surface area contributed by atoms with Crippen LogP contribution in [0, 0.1) is 13.8 Å². The largest absolute Gasteiger partial charge is 0.325 e. The SMILES string of the molecule is Cc1ccc(NC(=O)CN2C(=O)C3(SCC(=O)N3c3ccccc3)c3ccccc32)cc1C. The predicted octanol–water partition coefficient (Wildman–Crippen LogP) is 4.22. The fourth-order valence-electron chi connectivity index (χ4n) is 4.45. The van der Waals surface area contributed by atoms with Crippen LogP contribution in [-0.2, 0) is 19.3 Å². The van der Waals surface area contributed by atoms with Gasteiger partial charge in [-0.05, 0) is 55.3 Å². The molecule has 3 aromatic rings. The van der Waals surface area contributed by atoms with Crippen LogP contribution in [-0.4, -0.2) is 30.0 Å². The topological polar surface area (TPSA) is 69.7 Å². The molecule has 1 atom stereocenters. The number of anilines is 3. The molecule has 166 valence electrons. The number of para-hydroxylation sites is 2. The molecule has 33 heavy (non-hydrogen) atoms. The Kier molecular flexibility index (Phi) is 5.21. The summed E-state index contributed by atoms with van der Waals surface area (Å²) in [6.07, 6.45) is 0. The number of hydrogen-bond donors (Lipinski definition) is 1. The van der Waals surface area contributed by atoms with Gasteiger partial charge in [0.15, 0.2) is 0 Å². The second-order valence-corrected chi connectivity index (χ2v) is 9.42. The van der Waals surface area contributed by atoms with Gasteiger partial charge in [-0.3, -0.25) is 24.2 Å². The number of carbonyl (C=O) groups excluding carboxylic acids is 3. The van der Waals surface area contributed by atoms with Gasteiger partial charge in [-0.2, -0.15) is 0 Å². The Morgan fingerprint density at radius 1 is 0.970 bits per heavy atom. The third-order valence-corrected chi connectivity index (χ3v) is 7.56. The Morgan fingerprint density at radius 3 is 2.45 bits per heavy atom. The Balaban J connectivity index is 1.49. The molecule has 1 unspecified atom stereocenters. The fourth-order valence-corrected chi connectivity index (χ4v) is 5.81. The van der Waals surface area contributed by atoms with E-state index in [4.69, 9.17) is 0 Å². The average Bonchev–Trinajstić information content (AvgIpc) is 3.28. The zero-order chi connectivity index (χ0) is 23.2. The van der Waals surface area contributed by atoms with Gasteiger partial charge in [-0.25, -0.2) is 0 Å². The molecule has 3 amide bonds. The molecular formula is C26H23N3O3S. The monoisotopic (exact) mass is 457 g/mol. The lowest BCUT2D eigenvalue weighted by atomic mass is 10.0. The second-order valence-electron chi connectivity index (χ2n) is 8.25. The molecule has 0 aromatic heterocycles. The van der Waals surface area contributed by atoms with E-state index >= 15 is 0 Å². The van der Waals surface area contributed by atoms with Crippen LogP contribution in [0.25, 0.3) is 0 Å². The predicted molar refractivity (Wildman–Crippen MR) is 131 cm³/mol. The molecule has 6 nitrogen and oxygen atoms in total. The number of carbonyl (C=O) groups is 3. The third-order valence-electron chi connectivity index (χ3n) is 6.17. The Morgan fingerprint density at radius 2 is 1.70 bits per heavy atom. The maximum absolute atomic E-state index is 13.9. The molecule has 1 N–H and O–H groups in total. The van der Waals surface area contributed by atoms with Crippen LogP contribution in [0.1, 0.15) is 16.7 Å². The van der Waals surface area contributed by atoms with E-state index in [0.29, 0.717) is 17.1 Å². The van der Waals surface area contributed by atoms with Gasteiger partial charge in [-0.15, -0.1) is 11.8 Å². The third kappa shape index (κ3) is 3.40. The Hall–Kier alpha value is -3.58. The maximum Gasteiger partial charge on any atom is 0.269 e. The minimum atomic E-state index is -1.21. The zero-order valence-electron chi connectivity index (χ0n) is 18.4. The summed E-state index contributed by atoms with van der Waals surface area (Å²) in [6.45, 7) is 3.86. The van der Waals surface area contributed by atoms with Crippen molar-refractivity contribution in [1.29, 1.82) is 0 Å². The number of nitrogens with zero attached hydrogens (tertiary/aromatic N) is 2. The van der Waals surface area contributed by atoms with E-state index < -0.39 is 4.87 Å². The van der Waals surface area contributed by atoms with E-state index in [2.05, 4.69) is 5.32 Å². The number of thioether (sulfide) groups is 1. The lowest BCUT2D eigenvalue weighted by Crippen LogP contribution is -2.50. The van der Waals surface area contributed by atoms with Gasteiger partial charge in [0, 0.05) is 16.9 Å². The van der Waals surface area contributed by atoms with Crippen LogP contribution in [0.15, 0.2) is 72.8 Å². The first-order valence-corrected chi connectivity index (χ1v) is 11.7. The summed E-state index contributed by atoms with van der Waals surface area (Å²) in [5.41, 5.74) is 4.96. The van der Waals surface area contributed by atoms with Crippen LogP contribution >= 0.6 is 11.8 Å². The van der Waals surface area contributed by atoms with Crippen molar-refractivity contribution >= 4 is 46.5 Å². The van der Waals surface area contributed by atoms with Gasteiger partial charge in [0.1, 0.15) is 6.54 Å². The number of rotatable bonds is 4. The summed E-state index contributed by atoms with van der Waals surface area (Å²) >= 11 is 1.31. The molecule has 2 heterocycles. The van der Waals surface area contributed by atoms with Gasteiger partial charge in [0.25, 0.3) is 5.91 Å². The van der Waals surface area contributed by atoms with Crippen molar-refractivity contribution in [3.8, 4) is 0 Å². The zero-order valence-corrected chi connectivity index (χ0v) is 19.2. The van der Waals surface area contributed by atoms with Crippen LogP contribution in [0.2, 0.25) is 0 Å². The smallest absolute Gasteiger partial charge is 0.269 e. The molecular weight excluding hydrogens is 434 g/mol. The first-order chi connectivity index (χ1) is 15.9. The van der Waals surface area contributed by atoms with Crippen molar-refractivity contribution in [2.24, 2.45) is 0 Å². The number of amides is 3. The summed E-state index contributed by atoms with van der Waals surface area (Å²) in [6, 6.07) is 22.3. The molecule has 0 bridgehead atoms. The summed E-state index contributed by atoms with van der Waals surface area (Å²) in [4.78, 5) is 41.7. The van der Waals surface area contributed by atoms with Crippen molar-refractivity contribution in [2.75, 3.05) is 27.4 Å². The molecule has 0 radical (unpaired) electrons. The summed E-state index contributed by atoms with van der Waals surface area (Å²) in [5.74, 6) is -0.508. The van der Waals surface area contributed by atoms with E-state index in [0.717, 1.165) is 16.7 Å². The first kappa shape index (κ1) is 21.3. The molecule has 0 aliphatic carbocycles. The van der Waals surface area contributed by atoms with E-state index in [1.54, 1.807) is 4.90 Å². The molecule has 2 aliphatic heterocycles. The normalized spacial score (nSPS) is 19.3. The van der Waals surface area contributed by atoms with Crippen molar-refractivity contribution in [3.63, 3.8) is 0 Å². The van der Waals surface area contributed by atoms with Crippen LogP contribution in [0.5, 0.6) is 0 Å². The number of aryl methyl sites for hydroxylation is 2. The molecule has 5 rings (SSSR count). The summed E-state index contributed by atoms with van der Waals surface area (Å²) in [7, 11) is 0. The molecule has 1 fully saturated rings. The van der Waals surface area contributed by atoms with Gasteiger partial charge >= 0.3 is 0 Å². The van der Waals surface area contributed by atoms with E-state index in [9.17, 15) is 14.4 Å². The second kappa shape index (κ2) is 8.08. The van der Waals surface area contributed by atoms with Crippen molar-refractivity contribution in [3.05, 3.63) is 89.5 Å². The number of hydrogen-bond acceptors (Lipinski definition) is 4. The standard InChI is InChI=1S/C26H23N3O3S/c1-17-12-13-19(14-18(17)2)27-23(30)15-28-22-11-7-6-10-21(22)26(25(28)32)29(24(31)16-33-26)20-8-4-3-5-9-20/h3-14H,15-16H2,1-2H3,(H,27,30). The van der Waals surface area contributed by atoms with E-state index in [1.807, 2.05) is 86.6 Å². The van der Waals surface area contributed by atoms with Crippen molar-refractivity contribution in [1.82, 2.24) is 0 Å². The average molecular weight is 458 g/mol. The molecule has 0 saturated carbocycles. The van der Waals surface area contributed by atoms with Gasteiger partial charge in [0.2, 0.25) is 16.7 Å². The Bertz CT molecular complexity index is 1280. The Labute approximate surface area is 196 Å². The highest BCUT2D eigenvalue weighted by atomic mass is 32.2. The van der Waals surface area contributed by atoms with Crippen molar-refractivity contribution < 1.29 is 14.4 Å². The highest BCUT2D eigenvalue weighted by molar-refractivity contribution is 8.02. The van der Waals surface area contributed by atoms with Gasteiger partial charge in [-0.1, -0.05) is 42.5 Å². The van der Waals surface area contributed by atoms with Gasteiger partial charge in [0.05, 0.1) is 11.4 Å². The molecule has 1 saturated heterocycles.